The number of morpholine rings is 1. The minimum Gasteiger partial charge on any atom is -0.374 e. The van der Waals surface area contributed by atoms with Crippen molar-refractivity contribution >= 4 is 18.0 Å². The van der Waals surface area contributed by atoms with E-state index in [1.54, 1.807) is 30.8 Å². The Morgan fingerprint density at radius 3 is 2.71 bits per heavy atom. The molecule has 7 nitrogen and oxygen atoms in total. The Hall–Kier alpha value is -2.54. The number of rotatable bonds is 5. The Morgan fingerprint density at radius 1 is 1.32 bits per heavy atom. The maximum absolute atomic E-state index is 13.1. The lowest BCUT2D eigenvalue weighted by molar-refractivity contribution is -0.0241. The molecule has 1 aromatic heterocycles. The van der Waals surface area contributed by atoms with Gasteiger partial charge in [0.1, 0.15) is 28.8 Å². The lowest BCUT2D eigenvalue weighted by atomic mass is 10.2. The third-order valence-corrected chi connectivity index (χ3v) is 5.42. The lowest BCUT2D eigenvalue weighted by Gasteiger charge is -2.33. The first-order chi connectivity index (χ1) is 13.4. The highest BCUT2D eigenvalue weighted by atomic mass is 32.1. The summed E-state index contributed by atoms with van der Waals surface area (Å²) in [5.41, 5.74) is 1.38. The van der Waals surface area contributed by atoms with E-state index < -0.39 is 0 Å². The van der Waals surface area contributed by atoms with Crippen molar-refractivity contribution in [1.82, 2.24) is 14.0 Å². The van der Waals surface area contributed by atoms with E-state index in [0.717, 1.165) is 18.7 Å². The van der Waals surface area contributed by atoms with Gasteiger partial charge >= 0.3 is 0 Å². The number of benzene rings is 1. The van der Waals surface area contributed by atoms with Crippen LogP contribution < -0.4 is 10.8 Å². The van der Waals surface area contributed by atoms with Gasteiger partial charge in [-0.1, -0.05) is 12.1 Å². The zero-order valence-corrected chi connectivity index (χ0v) is 16.7. The van der Waals surface area contributed by atoms with Crippen LogP contribution in [0.15, 0.2) is 24.3 Å². The van der Waals surface area contributed by atoms with Crippen LogP contribution in [0.5, 0.6) is 0 Å². The van der Waals surface area contributed by atoms with E-state index in [0.29, 0.717) is 30.3 Å². The summed E-state index contributed by atoms with van der Waals surface area (Å²) in [5, 5.41) is 20.8. The van der Waals surface area contributed by atoms with Crippen LogP contribution in [0.3, 0.4) is 0 Å². The minimum atomic E-state index is -0.236. The molecule has 1 unspecified atom stereocenters. The van der Waals surface area contributed by atoms with E-state index in [2.05, 4.69) is 16.3 Å². The molecule has 1 saturated heterocycles. The number of nitrogens with one attached hydrogen (secondary N) is 2. The van der Waals surface area contributed by atoms with Crippen molar-refractivity contribution in [2.75, 3.05) is 31.6 Å². The van der Waals surface area contributed by atoms with Crippen LogP contribution in [0, 0.1) is 27.3 Å². The predicted octanol–water partition coefficient (Wildman–Crippen LogP) is 1.90. The largest absolute Gasteiger partial charge is 0.374 e. The highest BCUT2D eigenvalue weighted by Crippen LogP contribution is 2.14. The molecule has 1 atom stereocenters. The summed E-state index contributed by atoms with van der Waals surface area (Å²) in [6, 6.07) is 8.62. The average molecular weight is 402 g/mol. The first-order valence-electron chi connectivity index (χ1n) is 8.97. The van der Waals surface area contributed by atoms with Gasteiger partial charge in [0.05, 0.1) is 12.7 Å². The van der Waals surface area contributed by atoms with Gasteiger partial charge in [-0.25, -0.2) is 4.39 Å². The number of nitrogens with zero attached hydrogens (tertiary/aromatic N) is 4. The van der Waals surface area contributed by atoms with Crippen LogP contribution in [0.1, 0.15) is 11.1 Å². The SMILES string of the molecule is Cn1c(NCC2CN(Cc3ccc(F)cc3)CCO2)c(C#N)c(=N)n(C)c1=S. The van der Waals surface area contributed by atoms with Crippen molar-refractivity contribution in [3.05, 3.63) is 51.5 Å². The third kappa shape index (κ3) is 4.30. The van der Waals surface area contributed by atoms with E-state index >= 15 is 0 Å². The van der Waals surface area contributed by atoms with Crippen LogP contribution >= 0.6 is 12.2 Å². The molecule has 0 saturated carbocycles. The molecule has 1 aromatic carbocycles. The Labute approximate surface area is 168 Å². The second-order valence-corrected chi connectivity index (χ2v) is 7.19. The Balaban J connectivity index is 1.68. The maximum Gasteiger partial charge on any atom is 0.182 e. The third-order valence-electron chi connectivity index (χ3n) is 4.87. The Morgan fingerprint density at radius 2 is 2.04 bits per heavy atom. The highest BCUT2D eigenvalue weighted by Gasteiger charge is 2.21. The summed E-state index contributed by atoms with van der Waals surface area (Å²) in [4.78, 5) is 2.26. The molecule has 0 radical (unpaired) electrons. The molecule has 148 valence electrons. The number of nitriles is 1. The van der Waals surface area contributed by atoms with Crippen molar-refractivity contribution in [1.29, 1.82) is 10.7 Å². The number of ether oxygens (including phenoxy) is 1. The quantitative estimate of drug-likeness (QED) is 0.747. The van der Waals surface area contributed by atoms with Crippen molar-refractivity contribution < 1.29 is 9.13 Å². The zero-order chi connectivity index (χ0) is 20.3. The number of anilines is 1. The van der Waals surface area contributed by atoms with Gasteiger partial charge in [-0.2, -0.15) is 5.26 Å². The van der Waals surface area contributed by atoms with Gasteiger partial charge in [0, 0.05) is 40.3 Å². The smallest absolute Gasteiger partial charge is 0.182 e. The summed E-state index contributed by atoms with van der Waals surface area (Å²) in [6.07, 6.45) is -0.0718. The summed E-state index contributed by atoms with van der Waals surface area (Å²) in [5.74, 6) is 0.287. The summed E-state index contributed by atoms with van der Waals surface area (Å²) < 4.78 is 22.6. The predicted molar refractivity (Wildman–Crippen MR) is 106 cm³/mol. The van der Waals surface area contributed by atoms with E-state index in [9.17, 15) is 9.65 Å². The van der Waals surface area contributed by atoms with E-state index in [1.807, 2.05) is 0 Å². The molecule has 0 bridgehead atoms. The summed E-state index contributed by atoms with van der Waals surface area (Å²) >= 11 is 5.34. The standard InChI is InChI=1S/C19H23FN6OS/c1-24-17(22)16(9-21)18(25(2)19(24)28)23-10-15-12-26(7-8-27-15)11-13-3-5-14(20)6-4-13/h3-6,15,22-23H,7-8,10-12H2,1-2H3. The van der Waals surface area contributed by atoms with E-state index in [-0.39, 0.29) is 23.0 Å². The van der Waals surface area contributed by atoms with Crippen LogP contribution in [0.2, 0.25) is 0 Å². The maximum atomic E-state index is 13.1. The van der Waals surface area contributed by atoms with Crippen LogP contribution in [0.4, 0.5) is 10.2 Å². The summed E-state index contributed by atoms with van der Waals surface area (Å²) in [7, 11) is 3.44. The number of aromatic nitrogens is 2. The molecule has 0 spiro atoms. The van der Waals surface area contributed by atoms with Crippen LogP contribution in [-0.2, 0) is 25.4 Å². The number of hydrogen-bond acceptors (Lipinski definition) is 6. The molecular formula is C19H23FN6OS. The molecule has 1 fully saturated rings. The molecule has 2 N–H and O–H groups in total. The van der Waals surface area contributed by atoms with Gasteiger partial charge in [-0.05, 0) is 29.9 Å². The molecular weight excluding hydrogens is 379 g/mol. The second kappa shape index (κ2) is 8.65. The fraction of sp³-hybridized carbons (Fsp3) is 0.421. The fourth-order valence-electron chi connectivity index (χ4n) is 3.28. The monoisotopic (exact) mass is 402 g/mol. The molecule has 1 aliphatic rings. The second-order valence-electron chi connectivity index (χ2n) is 6.82. The molecule has 9 heteroatoms. The summed E-state index contributed by atoms with van der Waals surface area (Å²) in [6.45, 7) is 3.34. The normalized spacial score (nSPS) is 17.3. The van der Waals surface area contributed by atoms with Crippen molar-refractivity contribution in [3.8, 4) is 6.07 Å². The molecule has 0 aliphatic carbocycles. The van der Waals surface area contributed by atoms with Gasteiger partial charge in [0.2, 0.25) is 0 Å². The molecule has 28 heavy (non-hydrogen) atoms. The van der Waals surface area contributed by atoms with Gasteiger partial charge < -0.3 is 19.2 Å². The van der Waals surface area contributed by atoms with Gasteiger partial charge in [-0.3, -0.25) is 10.3 Å². The molecule has 2 aromatic rings. The topological polar surface area (TPSA) is 82.0 Å². The van der Waals surface area contributed by atoms with Crippen molar-refractivity contribution in [2.45, 2.75) is 12.6 Å². The van der Waals surface area contributed by atoms with Crippen molar-refractivity contribution in [3.63, 3.8) is 0 Å². The Bertz CT molecular complexity index is 1010. The van der Waals surface area contributed by atoms with Crippen LogP contribution in [-0.4, -0.2) is 46.4 Å². The van der Waals surface area contributed by atoms with E-state index in [1.165, 1.54) is 16.7 Å². The number of halogens is 1. The molecule has 0 amide bonds. The van der Waals surface area contributed by atoms with Gasteiger partial charge in [-0.15, -0.1) is 0 Å². The first-order valence-corrected chi connectivity index (χ1v) is 9.38. The molecule has 3 rings (SSSR count). The van der Waals surface area contributed by atoms with Crippen molar-refractivity contribution in [2.24, 2.45) is 14.1 Å². The minimum absolute atomic E-state index is 0.0718. The van der Waals surface area contributed by atoms with E-state index in [4.69, 9.17) is 22.4 Å². The van der Waals surface area contributed by atoms with Gasteiger partial charge in [0.15, 0.2) is 4.77 Å². The van der Waals surface area contributed by atoms with Crippen LogP contribution in [0.25, 0.3) is 0 Å². The number of hydrogen-bond donors (Lipinski definition) is 2. The highest BCUT2D eigenvalue weighted by molar-refractivity contribution is 7.71. The first kappa shape index (κ1) is 20.2. The zero-order valence-electron chi connectivity index (χ0n) is 15.9. The molecule has 1 aliphatic heterocycles. The average Bonchev–Trinajstić information content (AvgIpc) is 2.70. The molecule has 2 heterocycles. The lowest BCUT2D eigenvalue weighted by Crippen LogP contribution is -2.45. The Kier molecular flexibility index (Phi) is 6.24. The fourth-order valence-corrected chi connectivity index (χ4v) is 3.47. The van der Waals surface area contributed by atoms with Gasteiger partial charge in [0.25, 0.3) is 0 Å².